The summed E-state index contributed by atoms with van der Waals surface area (Å²) in [4.78, 5) is 37.5. The largest absolute Gasteiger partial charge is 0.457 e. The van der Waals surface area contributed by atoms with E-state index in [0.717, 1.165) is 4.90 Å². The van der Waals surface area contributed by atoms with Crippen molar-refractivity contribution >= 4 is 54.1 Å². The van der Waals surface area contributed by atoms with Crippen LogP contribution in [0.2, 0.25) is 18.1 Å². The van der Waals surface area contributed by atoms with Crippen LogP contribution < -0.4 is 0 Å². The van der Waals surface area contributed by atoms with Crippen LogP contribution in [-0.2, 0) is 38.8 Å². The standard InChI is InChI=1S/C24H34N6O7S2Si/c1-14(37-40(6,7)24(2,3)4)19-20(31)29(22(19)39-18(38)12-17-25-26-27-28(17)5)21(32)23(33)36-13-15-8-10-16(11-9-15)30(34)35/h8-11,14,19,21-22,32H,12-13H2,1-7H3/t14-,19-,21+,22-/m1/s1. The zero-order valence-electron chi connectivity index (χ0n) is 23.4. The number of ether oxygens (including phenoxy) is 1. The van der Waals surface area contributed by atoms with Gasteiger partial charge in [-0.15, -0.1) is 5.10 Å². The highest BCUT2D eigenvalue weighted by molar-refractivity contribution is 8.23. The van der Waals surface area contributed by atoms with Crippen molar-refractivity contribution in [2.24, 2.45) is 13.0 Å². The number of tetrazole rings is 1. The molecule has 1 N–H and O–H groups in total. The Hall–Kier alpha value is -2.79. The quantitative estimate of drug-likeness (QED) is 0.0990. The first kappa shape index (κ1) is 31.7. The van der Waals surface area contributed by atoms with Gasteiger partial charge in [-0.05, 0) is 53.2 Å². The molecule has 1 fully saturated rings. The van der Waals surface area contributed by atoms with Crippen LogP contribution >= 0.6 is 24.0 Å². The molecular weight excluding hydrogens is 577 g/mol. The molecule has 0 radical (unpaired) electrons. The molecule has 4 atom stereocenters. The number of non-ortho nitro benzene ring substituents is 1. The van der Waals surface area contributed by atoms with Crippen LogP contribution in [0.3, 0.4) is 0 Å². The summed E-state index contributed by atoms with van der Waals surface area (Å²) in [6.45, 7) is 12.1. The molecule has 2 aromatic rings. The number of carbonyl (C=O) groups excluding carboxylic acids is 2. The maximum atomic E-state index is 13.4. The lowest BCUT2D eigenvalue weighted by Crippen LogP contribution is -2.68. The van der Waals surface area contributed by atoms with Crippen LogP contribution in [0.25, 0.3) is 0 Å². The number of nitro groups is 1. The third-order valence-electron chi connectivity index (χ3n) is 7.18. The highest BCUT2D eigenvalue weighted by Crippen LogP contribution is 2.44. The van der Waals surface area contributed by atoms with Crippen molar-refractivity contribution in [2.75, 3.05) is 0 Å². The summed E-state index contributed by atoms with van der Waals surface area (Å²) in [5.41, 5.74) is 0.383. The van der Waals surface area contributed by atoms with Crippen LogP contribution in [0, 0.1) is 16.0 Å². The number of thioether (sulfide) groups is 1. The Bertz CT molecular complexity index is 1270. The van der Waals surface area contributed by atoms with Gasteiger partial charge in [0, 0.05) is 19.2 Å². The summed E-state index contributed by atoms with van der Waals surface area (Å²) >= 11 is 6.74. The number of carbonyl (C=O) groups is 2. The van der Waals surface area contributed by atoms with Gasteiger partial charge in [-0.3, -0.25) is 19.8 Å². The second kappa shape index (κ2) is 12.4. The van der Waals surface area contributed by atoms with Gasteiger partial charge in [0.2, 0.25) is 12.1 Å². The Kier molecular flexibility index (Phi) is 9.82. The van der Waals surface area contributed by atoms with Crippen LogP contribution in [-0.4, -0.2) is 77.2 Å². The number of hydrogen-bond acceptors (Lipinski definition) is 12. The summed E-state index contributed by atoms with van der Waals surface area (Å²) in [5.74, 6) is -1.62. The molecule has 0 saturated carbocycles. The average Bonchev–Trinajstić information content (AvgIpc) is 3.25. The van der Waals surface area contributed by atoms with E-state index in [9.17, 15) is 24.8 Å². The third-order valence-corrected chi connectivity index (χ3v) is 13.4. The Balaban J connectivity index is 1.75. The number of hydrogen-bond donors (Lipinski definition) is 1. The number of rotatable bonds is 11. The monoisotopic (exact) mass is 610 g/mol. The Labute approximate surface area is 242 Å². The fourth-order valence-electron chi connectivity index (χ4n) is 3.81. The first-order chi connectivity index (χ1) is 18.5. The zero-order chi connectivity index (χ0) is 30.0. The van der Waals surface area contributed by atoms with Crippen molar-refractivity contribution in [2.45, 2.75) is 76.6 Å². The molecule has 1 saturated heterocycles. The predicted octanol–water partition coefficient (Wildman–Crippen LogP) is 2.98. The van der Waals surface area contributed by atoms with Crippen molar-refractivity contribution in [3.05, 3.63) is 45.8 Å². The molecular formula is C24H34N6O7S2Si. The summed E-state index contributed by atoms with van der Waals surface area (Å²) in [7, 11) is -0.558. The van der Waals surface area contributed by atoms with E-state index >= 15 is 0 Å². The second-order valence-corrected chi connectivity index (χ2v) is 17.8. The number of aliphatic hydroxyl groups is 1. The number of aryl methyl sites for hydroxylation is 1. The number of likely N-dealkylation sites (tertiary alicyclic amines) is 1. The highest BCUT2D eigenvalue weighted by Gasteiger charge is 2.56. The molecule has 218 valence electrons. The van der Waals surface area contributed by atoms with Gasteiger partial charge in [-0.25, -0.2) is 9.48 Å². The van der Waals surface area contributed by atoms with Crippen molar-refractivity contribution < 1.29 is 28.8 Å². The Morgan fingerprint density at radius 1 is 1.30 bits per heavy atom. The molecule has 1 amide bonds. The molecule has 3 rings (SSSR count). The zero-order valence-corrected chi connectivity index (χ0v) is 26.1. The number of nitro benzene ring substituents is 1. The minimum Gasteiger partial charge on any atom is -0.457 e. The number of benzene rings is 1. The summed E-state index contributed by atoms with van der Waals surface area (Å²) < 4.78 is 13.7. The molecule has 0 aliphatic carbocycles. The second-order valence-electron chi connectivity index (χ2n) is 11.0. The first-order valence-corrected chi connectivity index (χ1v) is 16.7. The maximum Gasteiger partial charge on any atom is 0.356 e. The summed E-state index contributed by atoms with van der Waals surface area (Å²) in [5, 5.41) is 32.3. The van der Waals surface area contributed by atoms with Crippen LogP contribution in [0.15, 0.2) is 24.3 Å². The molecule has 1 aliphatic heterocycles. The van der Waals surface area contributed by atoms with Crippen molar-refractivity contribution in [1.82, 2.24) is 25.1 Å². The normalized spacial score (nSPS) is 19.1. The smallest absolute Gasteiger partial charge is 0.356 e. The lowest BCUT2D eigenvalue weighted by atomic mass is 9.92. The fraction of sp³-hybridized carbons (Fsp3) is 0.583. The van der Waals surface area contributed by atoms with Crippen LogP contribution in [0.1, 0.15) is 39.1 Å². The minimum atomic E-state index is -2.24. The Morgan fingerprint density at radius 2 is 1.93 bits per heavy atom. The van der Waals surface area contributed by atoms with E-state index in [1.165, 1.54) is 40.7 Å². The SMILES string of the molecule is C[C@@H](O[Si](C)(C)C(C)(C)C)[C@@H]1C(=O)N([C@@H](O)C(=O)OCc2ccc([N+](=O)[O-])cc2)[C@@H]1SC(=S)Cc1nnnn1C. The van der Waals surface area contributed by atoms with Gasteiger partial charge >= 0.3 is 5.97 Å². The maximum absolute atomic E-state index is 13.4. The lowest BCUT2D eigenvalue weighted by Gasteiger charge is -2.51. The van der Waals surface area contributed by atoms with Gasteiger partial charge in [-0.2, -0.15) is 0 Å². The molecule has 16 heteroatoms. The molecule has 1 aromatic carbocycles. The predicted molar refractivity (Wildman–Crippen MR) is 153 cm³/mol. The highest BCUT2D eigenvalue weighted by atomic mass is 32.2. The molecule has 0 bridgehead atoms. The molecule has 0 unspecified atom stereocenters. The molecule has 0 spiro atoms. The lowest BCUT2D eigenvalue weighted by molar-refractivity contribution is -0.384. The molecule has 1 aromatic heterocycles. The number of nitrogens with zero attached hydrogens (tertiary/aromatic N) is 6. The average molecular weight is 611 g/mol. The van der Waals surface area contributed by atoms with Gasteiger partial charge in [0.25, 0.3) is 5.69 Å². The van der Waals surface area contributed by atoms with Gasteiger partial charge in [-0.1, -0.05) is 44.8 Å². The Morgan fingerprint density at radius 3 is 2.45 bits per heavy atom. The fourth-order valence-corrected chi connectivity index (χ4v) is 6.96. The minimum absolute atomic E-state index is 0.0922. The molecule has 1 aliphatic rings. The number of esters is 1. The number of amides is 1. The van der Waals surface area contributed by atoms with Crippen molar-refractivity contribution in [1.29, 1.82) is 0 Å². The van der Waals surface area contributed by atoms with Crippen LogP contribution in [0.5, 0.6) is 0 Å². The van der Waals surface area contributed by atoms with Crippen molar-refractivity contribution in [3.63, 3.8) is 0 Å². The summed E-state index contributed by atoms with van der Waals surface area (Å²) in [6.07, 6.45) is -2.13. The van der Waals surface area contributed by atoms with E-state index in [2.05, 4.69) is 49.4 Å². The van der Waals surface area contributed by atoms with E-state index in [-0.39, 0.29) is 23.8 Å². The number of β-lactam (4-membered cyclic amide) rings is 1. The van der Waals surface area contributed by atoms with Crippen molar-refractivity contribution in [3.8, 4) is 0 Å². The van der Waals surface area contributed by atoms with E-state index in [1.807, 2.05) is 6.92 Å². The number of aliphatic hydroxyl groups excluding tert-OH is 1. The van der Waals surface area contributed by atoms with E-state index in [1.54, 1.807) is 7.05 Å². The van der Waals surface area contributed by atoms with E-state index in [4.69, 9.17) is 21.4 Å². The topological polar surface area (TPSA) is 163 Å². The third kappa shape index (κ3) is 7.09. The molecule has 40 heavy (non-hydrogen) atoms. The number of thiocarbonyl (C=S) groups is 1. The first-order valence-electron chi connectivity index (χ1n) is 12.5. The van der Waals surface area contributed by atoms with Crippen LogP contribution in [0.4, 0.5) is 5.69 Å². The van der Waals surface area contributed by atoms with Gasteiger partial charge in [0.1, 0.15) is 12.0 Å². The van der Waals surface area contributed by atoms with Gasteiger partial charge in [0.05, 0.1) is 27.6 Å². The van der Waals surface area contributed by atoms with E-state index < -0.39 is 48.7 Å². The van der Waals surface area contributed by atoms with Gasteiger partial charge < -0.3 is 14.3 Å². The number of aromatic nitrogens is 4. The summed E-state index contributed by atoms with van der Waals surface area (Å²) in [6, 6.07) is 5.46. The molecule has 2 heterocycles. The van der Waals surface area contributed by atoms with E-state index in [0.29, 0.717) is 15.6 Å². The molecule has 13 nitrogen and oxygen atoms in total. The van der Waals surface area contributed by atoms with Gasteiger partial charge in [0.15, 0.2) is 14.1 Å².